The van der Waals surface area contributed by atoms with Crippen LogP contribution in [0.5, 0.6) is 0 Å². The molecule has 0 aliphatic carbocycles. The Hall–Kier alpha value is -6.78. The van der Waals surface area contributed by atoms with Crippen LogP contribution in [-0.4, -0.2) is 14.4 Å². The first-order valence-corrected chi connectivity index (χ1v) is 16.9. The molecule has 0 fully saturated rings. The molecule has 0 aliphatic rings. The van der Waals surface area contributed by atoms with Crippen molar-refractivity contribution in [3.63, 3.8) is 0 Å². The van der Waals surface area contributed by atoms with Gasteiger partial charge in [-0.3, -0.25) is 4.40 Å². The van der Waals surface area contributed by atoms with E-state index in [0.717, 1.165) is 77.6 Å². The SMILES string of the molecule is c1ccc(-c2nc3ccccc3c3nc4ccc(-c5cccc(-c6cc7ccccc7c7c6oc6ccc8ccccc8c67)c5)cn4c23)cc1. The second-order valence-corrected chi connectivity index (χ2v) is 13.0. The molecule has 0 saturated carbocycles. The molecular weight excluding hydrogens is 611 g/mol. The fourth-order valence-electron chi connectivity index (χ4n) is 7.84. The number of fused-ring (bicyclic) bond motifs is 12. The molecule has 0 spiro atoms. The van der Waals surface area contributed by atoms with Crippen molar-refractivity contribution in [3.8, 4) is 33.5 Å². The van der Waals surface area contributed by atoms with Crippen LogP contribution >= 0.6 is 0 Å². The van der Waals surface area contributed by atoms with Gasteiger partial charge in [-0.25, -0.2) is 9.97 Å². The monoisotopic (exact) mass is 637 g/mol. The van der Waals surface area contributed by atoms with Crippen LogP contribution in [0.25, 0.3) is 105 Å². The van der Waals surface area contributed by atoms with Crippen molar-refractivity contribution in [1.29, 1.82) is 0 Å². The molecular formula is C46H27N3O. The molecule has 232 valence electrons. The number of nitrogens with zero attached hydrogens (tertiary/aromatic N) is 3. The van der Waals surface area contributed by atoms with Crippen LogP contribution in [-0.2, 0) is 0 Å². The highest BCUT2D eigenvalue weighted by molar-refractivity contribution is 6.28. The molecule has 0 aliphatic heterocycles. The highest BCUT2D eigenvalue weighted by Gasteiger charge is 2.20. The van der Waals surface area contributed by atoms with Crippen LogP contribution < -0.4 is 0 Å². The molecule has 50 heavy (non-hydrogen) atoms. The standard InChI is InChI=1S/C46H27N3O/c1-2-12-29(13-3-1)43-45-44(36-19-8-9-20-38(36)47-43)48-40-24-22-33(27-49(40)45)30-15-10-16-31(25-30)37-26-32-14-5-7-18-35(32)42-41-34-17-6-4-11-28(34)21-23-39(41)50-46(37)42/h1-27H. The Morgan fingerprint density at radius 3 is 2.08 bits per heavy atom. The lowest BCUT2D eigenvalue weighted by Crippen LogP contribution is -1.93. The summed E-state index contributed by atoms with van der Waals surface area (Å²) in [7, 11) is 0. The normalized spacial score (nSPS) is 12.0. The molecule has 0 radical (unpaired) electrons. The van der Waals surface area contributed by atoms with Crippen molar-refractivity contribution in [3.05, 3.63) is 164 Å². The number of pyridine rings is 2. The van der Waals surface area contributed by atoms with E-state index in [1.54, 1.807) is 0 Å². The number of imidazole rings is 1. The average Bonchev–Trinajstić information content (AvgIpc) is 3.77. The van der Waals surface area contributed by atoms with Gasteiger partial charge in [-0.1, -0.05) is 121 Å². The number of aromatic nitrogens is 3. The van der Waals surface area contributed by atoms with Crippen molar-refractivity contribution in [2.45, 2.75) is 0 Å². The van der Waals surface area contributed by atoms with Crippen LogP contribution in [0.15, 0.2) is 168 Å². The number of hydrogen-bond donors (Lipinski definition) is 0. The topological polar surface area (TPSA) is 43.3 Å². The highest BCUT2D eigenvalue weighted by atomic mass is 16.3. The Balaban J connectivity index is 1.15. The van der Waals surface area contributed by atoms with Crippen molar-refractivity contribution in [2.75, 3.05) is 0 Å². The van der Waals surface area contributed by atoms with Gasteiger partial charge in [-0.05, 0) is 74.6 Å². The van der Waals surface area contributed by atoms with Crippen LogP contribution in [0, 0.1) is 0 Å². The van der Waals surface area contributed by atoms with Gasteiger partial charge in [0.2, 0.25) is 0 Å². The van der Waals surface area contributed by atoms with Crippen molar-refractivity contribution >= 4 is 71.1 Å². The summed E-state index contributed by atoms with van der Waals surface area (Å²) >= 11 is 0. The largest absolute Gasteiger partial charge is 0.455 e. The minimum Gasteiger partial charge on any atom is -0.455 e. The third-order valence-corrected chi connectivity index (χ3v) is 10.1. The zero-order chi connectivity index (χ0) is 32.8. The Bertz CT molecular complexity index is 3150. The van der Waals surface area contributed by atoms with E-state index in [9.17, 15) is 0 Å². The van der Waals surface area contributed by atoms with Gasteiger partial charge in [0.15, 0.2) is 0 Å². The number of benzene rings is 7. The summed E-state index contributed by atoms with van der Waals surface area (Å²) in [4.78, 5) is 10.3. The molecule has 4 aromatic heterocycles. The lowest BCUT2D eigenvalue weighted by atomic mass is 9.93. The summed E-state index contributed by atoms with van der Waals surface area (Å²) in [5.41, 5.74) is 12.0. The first kappa shape index (κ1) is 27.2. The maximum atomic E-state index is 6.77. The van der Waals surface area contributed by atoms with Crippen molar-refractivity contribution in [1.82, 2.24) is 14.4 Å². The number of para-hydroxylation sites is 1. The van der Waals surface area contributed by atoms with E-state index < -0.39 is 0 Å². The molecule has 0 N–H and O–H groups in total. The summed E-state index contributed by atoms with van der Waals surface area (Å²) in [5, 5.41) is 8.18. The van der Waals surface area contributed by atoms with E-state index in [4.69, 9.17) is 14.4 Å². The second kappa shape index (κ2) is 10.4. The Kier molecular flexibility index (Phi) is 5.63. The molecule has 0 saturated heterocycles. The van der Waals surface area contributed by atoms with Gasteiger partial charge in [0.1, 0.15) is 22.3 Å². The summed E-state index contributed by atoms with van der Waals surface area (Å²) < 4.78 is 8.97. The third kappa shape index (κ3) is 3.93. The molecule has 11 rings (SSSR count). The summed E-state index contributed by atoms with van der Waals surface area (Å²) in [6.07, 6.45) is 2.20. The zero-order valence-corrected chi connectivity index (χ0v) is 26.8. The van der Waals surface area contributed by atoms with Crippen LogP contribution in [0.2, 0.25) is 0 Å². The van der Waals surface area contributed by atoms with Crippen LogP contribution in [0.3, 0.4) is 0 Å². The van der Waals surface area contributed by atoms with Gasteiger partial charge in [0.05, 0.1) is 16.7 Å². The molecule has 0 amide bonds. The van der Waals surface area contributed by atoms with Crippen LogP contribution in [0.4, 0.5) is 0 Å². The van der Waals surface area contributed by atoms with Gasteiger partial charge in [0, 0.05) is 33.5 Å². The number of hydrogen-bond acceptors (Lipinski definition) is 3. The predicted molar refractivity (Wildman–Crippen MR) is 207 cm³/mol. The van der Waals surface area contributed by atoms with E-state index in [1.165, 1.54) is 26.9 Å². The maximum Gasteiger partial charge on any atom is 0.143 e. The molecule has 0 bridgehead atoms. The summed E-state index contributed by atoms with van der Waals surface area (Å²) in [6.45, 7) is 0. The minimum atomic E-state index is 0.890. The lowest BCUT2D eigenvalue weighted by Gasteiger charge is -2.10. The highest BCUT2D eigenvalue weighted by Crippen LogP contribution is 2.44. The minimum absolute atomic E-state index is 0.890. The van der Waals surface area contributed by atoms with E-state index in [1.807, 2.05) is 12.1 Å². The fourth-order valence-corrected chi connectivity index (χ4v) is 7.84. The Morgan fingerprint density at radius 2 is 1.20 bits per heavy atom. The van der Waals surface area contributed by atoms with E-state index in [2.05, 4.69) is 156 Å². The fraction of sp³-hybridized carbons (Fsp3) is 0. The molecule has 11 aromatic rings. The first-order chi connectivity index (χ1) is 24.8. The van der Waals surface area contributed by atoms with E-state index in [-0.39, 0.29) is 0 Å². The van der Waals surface area contributed by atoms with Gasteiger partial charge in [-0.15, -0.1) is 0 Å². The number of furan rings is 1. The van der Waals surface area contributed by atoms with Crippen molar-refractivity contribution < 1.29 is 4.42 Å². The second-order valence-electron chi connectivity index (χ2n) is 13.0. The van der Waals surface area contributed by atoms with E-state index >= 15 is 0 Å². The molecule has 4 nitrogen and oxygen atoms in total. The smallest absolute Gasteiger partial charge is 0.143 e. The summed E-state index contributed by atoms with van der Waals surface area (Å²) in [6, 6.07) is 55.5. The lowest BCUT2D eigenvalue weighted by molar-refractivity contribution is 0.670. The average molecular weight is 638 g/mol. The molecule has 7 aromatic carbocycles. The summed E-state index contributed by atoms with van der Waals surface area (Å²) in [5.74, 6) is 0. The maximum absolute atomic E-state index is 6.77. The Morgan fingerprint density at radius 1 is 0.480 bits per heavy atom. The third-order valence-electron chi connectivity index (χ3n) is 10.1. The van der Waals surface area contributed by atoms with Gasteiger partial charge in [-0.2, -0.15) is 0 Å². The van der Waals surface area contributed by atoms with Gasteiger partial charge >= 0.3 is 0 Å². The molecule has 0 unspecified atom stereocenters. The predicted octanol–water partition coefficient (Wildman–Crippen LogP) is 12.2. The van der Waals surface area contributed by atoms with Gasteiger partial charge in [0.25, 0.3) is 0 Å². The zero-order valence-electron chi connectivity index (χ0n) is 26.8. The number of rotatable bonds is 3. The van der Waals surface area contributed by atoms with Crippen LogP contribution in [0.1, 0.15) is 0 Å². The molecule has 4 heteroatoms. The van der Waals surface area contributed by atoms with Gasteiger partial charge < -0.3 is 4.42 Å². The quantitative estimate of drug-likeness (QED) is 0.194. The molecule has 0 atom stereocenters. The van der Waals surface area contributed by atoms with E-state index in [0.29, 0.717) is 0 Å². The Labute approximate surface area is 286 Å². The molecule has 4 heterocycles. The van der Waals surface area contributed by atoms with Crippen molar-refractivity contribution in [2.24, 2.45) is 0 Å². The first-order valence-electron chi connectivity index (χ1n) is 16.9.